The number of nitrogens with one attached hydrogen (secondary N) is 2. The maximum Gasteiger partial charge on any atom is 0.434 e. The summed E-state index contributed by atoms with van der Waals surface area (Å²) in [6.07, 6.45) is 2.33. The summed E-state index contributed by atoms with van der Waals surface area (Å²) >= 11 is 2.88. The van der Waals surface area contributed by atoms with E-state index < -0.39 is 11.9 Å². The molecule has 0 aromatic carbocycles. The number of aliphatic imine (C=N–C) groups is 1. The number of aromatic nitrogens is 1. The number of rotatable bonds is 4. The summed E-state index contributed by atoms with van der Waals surface area (Å²) < 4.78 is 37.6. The fourth-order valence-corrected chi connectivity index (χ4v) is 4.13. The minimum atomic E-state index is -4.39. The second-order valence-electron chi connectivity index (χ2n) is 5.42. The molecule has 1 aromatic rings. The Bertz CT molecular complexity index is 536. The third kappa shape index (κ3) is 6.58. The van der Waals surface area contributed by atoms with Crippen LogP contribution in [0.4, 0.5) is 13.2 Å². The molecule has 1 heterocycles. The lowest BCUT2D eigenvalue weighted by atomic mass is 9.95. The molecule has 2 N–H and O–H groups in total. The molecule has 4 nitrogen and oxygen atoms in total. The van der Waals surface area contributed by atoms with E-state index in [9.17, 15) is 13.2 Å². The Hall–Kier alpha value is -0.230. The van der Waals surface area contributed by atoms with Crippen LogP contribution in [0.25, 0.3) is 0 Å². The molecule has 2 unspecified atom stereocenters. The zero-order chi connectivity index (χ0) is 16.9. The van der Waals surface area contributed by atoms with Crippen LogP contribution >= 0.6 is 47.1 Å². The molecule has 1 aliphatic rings. The van der Waals surface area contributed by atoms with Gasteiger partial charge in [0.05, 0.1) is 6.54 Å². The molecule has 24 heavy (non-hydrogen) atoms. The van der Waals surface area contributed by atoms with Crippen molar-refractivity contribution in [2.45, 2.75) is 49.7 Å². The molecule has 10 heteroatoms. The van der Waals surface area contributed by atoms with Gasteiger partial charge in [-0.25, -0.2) is 4.98 Å². The largest absolute Gasteiger partial charge is 0.434 e. The minimum Gasteiger partial charge on any atom is -0.354 e. The van der Waals surface area contributed by atoms with Gasteiger partial charge in [0.1, 0.15) is 5.01 Å². The number of halogens is 4. The first-order chi connectivity index (χ1) is 10.9. The average molecular weight is 494 g/mol. The van der Waals surface area contributed by atoms with Crippen molar-refractivity contribution in [1.82, 2.24) is 15.6 Å². The van der Waals surface area contributed by atoms with Crippen molar-refractivity contribution in [3.8, 4) is 0 Å². The quantitative estimate of drug-likeness (QED) is 0.376. The molecular formula is C14H22F3IN4S2. The predicted octanol–water partition coefficient (Wildman–Crippen LogP) is 4.12. The highest BCUT2D eigenvalue weighted by Crippen LogP contribution is 2.30. The fourth-order valence-electron chi connectivity index (χ4n) is 2.56. The molecular weight excluding hydrogens is 472 g/mol. The van der Waals surface area contributed by atoms with E-state index in [0.29, 0.717) is 22.3 Å². The van der Waals surface area contributed by atoms with Crippen molar-refractivity contribution in [3.63, 3.8) is 0 Å². The first-order valence-electron chi connectivity index (χ1n) is 7.44. The predicted molar refractivity (Wildman–Crippen MR) is 105 cm³/mol. The van der Waals surface area contributed by atoms with Crippen molar-refractivity contribution < 1.29 is 13.2 Å². The van der Waals surface area contributed by atoms with E-state index in [0.717, 1.165) is 29.6 Å². The summed E-state index contributed by atoms with van der Waals surface area (Å²) in [5, 5.41) is 8.49. The highest BCUT2D eigenvalue weighted by atomic mass is 127. The van der Waals surface area contributed by atoms with Crippen molar-refractivity contribution in [3.05, 3.63) is 16.1 Å². The normalized spacial score (nSPS) is 22.0. The van der Waals surface area contributed by atoms with Gasteiger partial charge in [0.25, 0.3) is 0 Å². The molecule has 0 saturated heterocycles. The van der Waals surface area contributed by atoms with Gasteiger partial charge in [0.2, 0.25) is 0 Å². The van der Waals surface area contributed by atoms with Crippen LogP contribution in [0, 0.1) is 0 Å². The van der Waals surface area contributed by atoms with Crippen LogP contribution < -0.4 is 10.6 Å². The Morgan fingerprint density at radius 1 is 1.46 bits per heavy atom. The molecule has 0 bridgehead atoms. The lowest BCUT2D eigenvalue weighted by Crippen LogP contribution is -2.45. The Morgan fingerprint density at radius 2 is 2.21 bits per heavy atom. The number of thiazole rings is 1. The summed E-state index contributed by atoms with van der Waals surface area (Å²) in [4.78, 5) is 7.75. The Morgan fingerprint density at radius 3 is 2.79 bits per heavy atom. The maximum atomic E-state index is 12.5. The van der Waals surface area contributed by atoms with Gasteiger partial charge < -0.3 is 10.6 Å². The molecule has 2 rings (SSSR count). The molecule has 0 spiro atoms. The standard InChI is InChI=1S/C14H21F3N4S2.HI/c1-18-13(20-9-4-3-5-10(6-9)22-2)19-7-12-21-11(8-23-12)14(15,16)17;/h8-10H,3-7H2,1-2H3,(H2,18,19,20);1H. The average Bonchev–Trinajstić information content (AvgIpc) is 3.00. The molecule has 1 aromatic heterocycles. The fraction of sp³-hybridized carbons (Fsp3) is 0.714. The second-order valence-corrected chi connectivity index (χ2v) is 7.50. The van der Waals surface area contributed by atoms with E-state index in [1.807, 2.05) is 11.8 Å². The number of hydrogen-bond donors (Lipinski definition) is 2. The van der Waals surface area contributed by atoms with Gasteiger partial charge in [-0.2, -0.15) is 24.9 Å². The number of nitrogens with zero attached hydrogens (tertiary/aromatic N) is 2. The Labute approximate surface area is 165 Å². The van der Waals surface area contributed by atoms with Crippen LogP contribution in [0.15, 0.2) is 10.4 Å². The zero-order valence-corrected chi connectivity index (χ0v) is 17.5. The van der Waals surface area contributed by atoms with E-state index in [2.05, 4.69) is 26.9 Å². The van der Waals surface area contributed by atoms with E-state index in [1.54, 1.807) is 7.05 Å². The van der Waals surface area contributed by atoms with Gasteiger partial charge in [0, 0.05) is 23.7 Å². The third-order valence-electron chi connectivity index (χ3n) is 3.77. The SMILES string of the molecule is CN=C(NCc1nc(C(F)(F)F)cs1)NC1CCCC(SC)C1.I. The lowest BCUT2D eigenvalue weighted by molar-refractivity contribution is -0.140. The van der Waals surface area contributed by atoms with Crippen molar-refractivity contribution >= 4 is 53.0 Å². The number of guanidine groups is 1. The van der Waals surface area contributed by atoms with Crippen molar-refractivity contribution in [2.24, 2.45) is 4.99 Å². The van der Waals surface area contributed by atoms with Crippen molar-refractivity contribution in [2.75, 3.05) is 13.3 Å². The Balaban J connectivity index is 0.00000288. The summed E-state index contributed by atoms with van der Waals surface area (Å²) in [7, 11) is 1.66. The zero-order valence-electron chi connectivity index (χ0n) is 13.5. The maximum absolute atomic E-state index is 12.5. The first kappa shape index (κ1) is 21.8. The minimum absolute atomic E-state index is 0. The highest BCUT2D eigenvalue weighted by molar-refractivity contribution is 14.0. The van der Waals surface area contributed by atoms with Crippen LogP contribution in [-0.2, 0) is 12.7 Å². The molecule has 1 aliphatic carbocycles. The second kappa shape index (κ2) is 10.0. The van der Waals surface area contributed by atoms with Crippen LogP contribution in [0.2, 0.25) is 0 Å². The number of alkyl halides is 3. The summed E-state index contributed by atoms with van der Waals surface area (Å²) in [5.41, 5.74) is -0.836. The first-order valence-corrected chi connectivity index (χ1v) is 9.60. The van der Waals surface area contributed by atoms with Gasteiger partial charge in [-0.15, -0.1) is 35.3 Å². The van der Waals surface area contributed by atoms with E-state index in [1.165, 1.54) is 12.8 Å². The van der Waals surface area contributed by atoms with Crippen LogP contribution in [0.3, 0.4) is 0 Å². The van der Waals surface area contributed by atoms with Gasteiger partial charge in [0.15, 0.2) is 11.7 Å². The van der Waals surface area contributed by atoms with Gasteiger partial charge >= 0.3 is 6.18 Å². The van der Waals surface area contributed by atoms with E-state index >= 15 is 0 Å². The van der Waals surface area contributed by atoms with Gasteiger partial charge in [-0.3, -0.25) is 4.99 Å². The van der Waals surface area contributed by atoms with E-state index in [4.69, 9.17) is 0 Å². The summed E-state index contributed by atoms with van der Waals surface area (Å²) in [5.74, 6) is 0.612. The monoisotopic (exact) mass is 494 g/mol. The molecule has 0 amide bonds. The summed E-state index contributed by atoms with van der Waals surface area (Å²) in [6, 6.07) is 0.356. The molecule has 1 saturated carbocycles. The molecule has 2 atom stereocenters. The van der Waals surface area contributed by atoms with Gasteiger partial charge in [-0.1, -0.05) is 6.42 Å². The lowest BCUT2D eigenvalue weighted by Gasteiger charge is -2.29. The molecule has 138 valence electrons. The topological polar surface area (TPSA) is 49.3 Å². The smallest absolute Gasteiger partial charge is 0.354 e. The molecule has 1 fully saturated rings. The number of thioether (sulfide) groups is 1. The highest BCUT2D eigenvalue weighted by Gasteiger charge is 2.33. The van der Waals surface area contributed by atoms with Crippen LogP contribution in [0.1, 0.15) is 36.4 Å². The third-order valence-corrected chi connectivity index (χ3v) is 5.72. The number of hydrogen-bond acceptors (Lipinski definition) is 4. The molecule has 0 radical (unpaired) electrons. The van der Waals surface area contributed by atoms with Crippen molar-refractivity contribution in [1.29, 1.82) is 0 Å². The Kier molecular flexibility index (Phi) is 9.13. The van der Waals surface area contributed by atoms with Crippen LogP contribution in [-0.4, -0.2) is 35.5 Å². The van der Waals surface area contributed by atoms with E-state index in [-0.39, 0.29) is 30.5 Å². The van der Waals surface area contributed by atoms with Crippen LogP contribution in [0.5, 0.6) is 0 Å². The molecule has 0 aliphatic heterocycles. The summed E-state index contributed by atoms with van der Waals surface area (Å²) in [6.45, 7) is 0.235. The van der Waals surface area contributed by atoms with Gasteiger partial charge in [-0.05, 0) is 25.5 Å².